The number of carbonyl (C=O) groups is 1. The topological polar surface area (TPSA) is 31.2 Å². The fourth-order valence-electron chi connectivity index (χ4n) is 3.25. The maximum Gasteiger partial charge on any atom is 0.338 e. The monoisotopic (exact) mass is 333 g/mol. The van der Waals surface area contributed by atoms with E-state index in [1.165, 1.54) is 29.6 Å². The first-order chi connectivity index (χ1) is 12.1. The van der Waals surface area contributed by atoms with Crippen LogP contribution in [0.15, 0.2) is 60.7 Å². The summed E-state index contributed by atoms with van der Waals surface area (Å²) in [5.41, 5.74) is 6.62. The van der Waals surface area contributed by atoms with Crippen molar-refractivity contribution in [1.29, 1.82) is 0 Å². The van der Waals surface area contributed by atoms with Crippen molar-refractivity contribution in [3.05, 3.63) is 94.3 Å². The van der Waals surface area contributed by atoms with E-state index < -0.39 is 0 Å². The van der Waals surface area contributed by atoms with Crippen LogP contribution in [0.5, 0.6) is 0 Å². The smallest absolute Gasteiger partial charge is 0.338 e. The summed E-state index contributed by atoms with van der Waals surface area (Å²) in [6, 6.07) is 20.3. The first kappa shape index (κ1) is 17.0. The van der Waals surface area contributed by atoms with Gasteiger partial charge >= 0.3 is 5.97 Å². The van der Waals surface area contributed by atoms with Gasteiger partial charge < -0.3 is 9.30 Å². The highest BCUT2D eigenvalue weighted by Crippen LogP contribution is 2.22. The van der Waals surface area contributed by atoms with Crippen molar-refractivity contribution in [2.45, 2.75) is 26.8 Å². The van der Waals surface area contributed by atoms with Crippen molar-refractivity contribution in [3.8, 4) is 0 Å². The highest BCUT2D eigenvalue weighted by molar-refractivity contribution is 5.91. The molecular formula is C22H23NO2. The summed E-state index contributed by atoms with van der Waals surface area (Å²) >= 11 is 0. The van der Waals surface area contributed by atoms with Gasteiger partial charge in [-0.15, -0.1) is 0 Å². The third-order valence-corrected chi connectivity index (χ3v) is 4.67. The van der Waals surface area contributed by atoms with Gasteiger partial charge in [0.1, 0.15) is 0 Å². The lowest BCUT2D eigenvalue weighted by molar-refractivity contribution is 0.0599. The lowest BCUT2D eigenvalue weighted by Crippen LogP contribution is -2.07. The average Bonchev–Trinajstić information content (AvgIpc) is 2.90. The molecule has 0 atom stereocenters. The molecular weight excluding hydrogens is 310 g/mol. The number of carbonyl (C=O) groups excluding carboxylic acids is 1. The zero-order valence-electron chi connectivity index (χ0n) is 15.0. The molecule has 1 heterocycles. The zero-order valence-corrected chi connectivity index (χ0v) is 15.0. The number of hydrogen-bond acceptors (Lipinski definition) is 2. The summed E-state index contributed by atoms with van der Waals surface area (Å²) in [6.45, 7) is 5.13. The van der Waals surface area contributed by atoms with Crippen molar-refractivity contribution < 1.29 is 9.53 Å². The minimum atomic E-state index is -0.284. The van der Waals surface area contributed by atoms with Crippen molar-refractivity contribution in [2.75, 3.05) is 7.11 Å². The van der Waals surface area contributed by atoms with E-state index in [4.69, 9.17) is 4.74 Å². The summed E-state index contributed by atoms with van der Waals surface area (Å²) in [7, 11) is 1.42. The fourth-order valence-corrected chi connectivity index (χ4v) is 3.25. The van der Waals surface area contributed by atoms with Crippen LogP contribution >= 0.6 is 0 Å². The van der Waals surface area contributed by atoms with E-state index in [2.05, 4.69) is 48.7 Å². The van der Waals surface area contributed by atoms with Crippen molar-refractivity contribution in [3.63, 3.8) is 0 Å². The predicted octanol–water partition coefficient (Wildman–Crippen LogP) is 4.53. The van der Waals surface area contributed by atoms with Crippen LogP contribution in [0.1, 0.15) is 38.4 Å². The van der Waals surface area contributed by atoms with Crippen LogP contribution in [0.3, 0.4) is 0 Å². The van der Waals surface area contributed by atoms with Crippen LogP contribution in [0.2, 0.25) is 0 Å². The average molecular weight is 333 g/mol. The largest absolute Gasteiger partial charge is 0.465 e. The number of rotatable bonds is 5. The van der Waals surface area contributed by atoms with Crippen molar-refractivity contribution in [1.82, 2.24) is 4.57 Å². The number of hydrogen-bond donors (Lipinski definition) is 0. The molecule has 0 N–H and O–H groups in total. The third kappa shape index (κ3) is 3.66. The molecule has 25 heavy (non-hydrogen) atoms. The predicted molar refractivity (Wildman–Crippen MR) is 100 cm³/mol. The molecule has 0 fully saturated rings. The Morgan fingerprint density at radius 2 is 1.64 bits per heavy atom. The van der Waals surface area contributed by atoms with Crippen LogP contribution in [-0.4, -0.2) is 17.6 Å². The molecule has 3 aromatic rings. The fraction of sp³-hybridized carbons (Fsp3) is 0.227. The van der Waals surface area contributed by atoms with Crippen LogP contribution < -0.4 is 0 Å². The Labute approximate surface area is 148 Å². The highest BCUT2D eigenvalue weighted by Gasteiger charge is 2.15. The Bertz CT molecular complexity index is 878. The highest BCUT2D eigenvalue weighted by atomic mass is 16.5. The Morgan fingerprint density at radius 1 is 0.960 bits per heavy atom. The lowest BCUT2D eigenvalue weighted by atomic mass is 10.00. The van der Waals surface area contributed by atoms with E-state index in [0.717, 1.165) is 18.5 Å². The molecule has 128 valence electrons. The minimum Gasteiger partial charge on any atom is -0.465 e. The van der Waals surface area contributed by atoms with Gasteiger partial charge in [-0.2, -0.15) is 0 Å². The normalized spacial score (nSPS) is 10.7. The Balaban J connectivity index is 1.90. The minimum absolute atomic E-state index is 0.284. The van der Waals surface area contributed by atoms with Gasteiger partial charge in [0.15, 0.2) is 0 Å². The molecule has 0 radical (unpaired) electrons. The van der Waals surface area contributed by atoms with Gasteiger partial charge in [-0.3, -0.25) is 0 Å². The van der Waals surface area contributed by atoms with Gasteiger partial charge in [0, 0.05) is 24.4 Å². The first-order valence-electron chi connectivity index (χ1n) is 8.46. The van der Waals surface area contributed by atoms with Gasteiger partial charge in [0.05, 0.1) is 12.7 Å². The van der Waals surface area contributed by atoms with Gasteiger partial charge in [-0.25, -0.2) is 4.79 Å². The second kappa shape index (κ2) is 7.39. The number of benzene rings is 2. The molecule has 0 aliphatic heterocycles. The van der Waals surface area contributed by atoms with Gasteiger partial charge in [-0.1, -0.05) is 48.5 Å². The maximum atomic E-state index is 12.0. The van der Waals surface area contributed by atoms with Crippen LogP contribution in [0, 0.1) is 13.8 Å². The molecule has 0 saturated carbocycles. The standard InChI is InChI=1S/C22H23NO2/c1-16-13-20(14-19-11-7-8-12-21(19)22(24)25-3)17(2)23(16)15-18-9-5-4-6-10-18/h4-13H,14-15H2,1-3H3. The van der Waals surface area contributed by atoms with Gasteiger partial charge in [-0.05, 0) is 42.7 Å². The number of aryl methyl sites for hydroxylation is 1. The van der Waals surface area contributed by atoms with E-state index in [1.807, 2.05) is 30.3 Å². The molecule has 0 amide bonds. The maximum absolute atomic E-state index is 12.0. The molecule has 2 aromatic carbocycles. The van der Waals surface area contributed by atoms with E-state index in [-0.39, 0.29) is 5.97 Å². The van der Waals surface area contributed by atoms with Crippen LogP contribution in [0.25, 0.3) is 0 Å². The lowest BCUT2D eigenvalue weighted by Gasteiger charge is -2.11. The summed E-state index contributed by atoms with van der Waals surface area (Å²) in [4.78, 5) is 12.0. The van der Waals surface area contributed by atoms with E-state index in [0.29, 0.717) is 5.56 Å². The molecule has 3 rings (SSSR count). The molecule has 0 aliphatic carbocycles. The number of nitrogens with zero attached hydrogens (tertiary/aromatic N) is 1. The molecule has 1 aromatic heterocycles. The van der Waals surface area contributed by atoms with Crippen LogP contribution in [-0.2, 0) is 17.7 Å². The van der Waals surface area contributed by atoms with E-state index in [9.17, 15) is 4.79 Å². The Hall–Kier alpha value is -2.81. The third-order valence-electron chi connectivity index (χ3n) is 4.67. The van der Waals surface area contributed by atoms with Crippen molar-refractivity contribution >= 4 is 5.97 Å². The quantitative estimate of drug-likeness (QED) is 0.642. The molecule has 3 heteroatoms. The van der Waals surface area contributed by atoms with Crippen LogP contribution in [0.4, 0.5) is 0 Å². The van der Waals surface area contributed by atoms with E-state index >= 15 is 0 Å². The summed E-state index contributed by atoms with van der Waals surface area (Å²) in [5.74, 6) is -0.284. The second-order valence-corrected chi connectivity index (χ2v) is 6.29. The molecule has 0 aliphatic rings. The Morgan fingerprint density at radius 3 is 2.36 bits per heavy atom. The first-order valence-corrected chi connectivity index (χ1v) is 8.46. The summed E-state index contributed by atoms with van der Waals surface area (Å²) < 4.78 is 7.23. The molecule has 0 saturated heterocycles. The van der Waals surface area contributed by atoms with Gasteiger partial charge in [0.2, 0.25) is 0 Å². The van der Waals surface area contributed by atoms with E-state index in [1.54, 1.807) is 0 Å². The zero-order chi connectivity index (χ0) is 17.8. The number of aromatic nitrogens is 1. The van der Waals surface area contributed by atoms with Gasteiger partial charge in [0.25, 0.3) is 0 Å². The SMILES string of the molecule is COC(=O)c1ccccc1Cc1cc(C)n(Cc2ccccc2)c1C. The molecule has 3 nitrogen and oxygen atoms in total. The number of ether oxygens (including phenoxy) is 1. The number of esters is 1. The van der Waals surface area contributed by atoms with Crippen molar-refractivity contribution in [2.24, 2.45) is 0 Å². The molecule has 0 bridgehead atoms. The summed E-state index contributed by atoms with van der Waals surface area (Å²) in [5, 5.41) is 0. The molecule has 0 spiro atoms. The summed E-state index contributed by atoms with van der Waals surface area (Å²) in [6.07, 6.45) is 0.722. The second-order valence-electron chi connectivity index (χ2n) is 6.29. The Kier molecular flexibility index (Phi) is 5.03. The number of methoxy groups -OCH3 is 1. The molecule has 0 unspecified atom stereocenters.